The minimum Gasteiger partial charge on any atom is -0.246 e. The standard InChI is InChI=1S/C17H18N2S2/c1-4-13-5-7-14(8-6-13)17-12(3)21-16(19-17)9-15-18-11(2)10-20-15/h5-8,10H,4,9H2,1-3H3. The summed E-state index contributed by atoms with van der Waals surface area (Å²) in [5.74, 6) is 0. The molecule has 2 nitrogen and oxygen atoms in total. The van der Waals surface area contributed by atoms with Crippen LogP contribution in [0.4, 0.5) is 0 Å². The molecule has 2 aromatic heterocycles. The summed E-state index contributed by atoms with van der Waals surface area (Å²) in [6, 6.07) is 8.74. The van der Waals surface area contributed by atoms with Crippen molar-refractivity contribution in [3.63, 3.8) is 0 Å². The maximum absolute atomic E-state index is 4.83. The van der Waals surface area contributed by atoms with Gasteiger partial charge in [0.05, 0.1) is 17.1 Å². The van der Waals surface area contributed by atoms with Gasteiger partial charge in [0.2, 0.25) is 0 Å². The van der Waals surface area contributed by atoms with Crippen LogP contribution in [0.3, 0.4) is 0 Å². The molecule has 0 atom stereocenters. The first-order valence-electron chi connectivity index (χ1n) is 7.12. The number of aryl methyl sites for hydroxylation is 3. The van der Waals surface area contributed by atoms with E-state index in [1.807, 2.05) is 6.92 Å². The lowest BCUT2D eigenvalue weighted by Gasteiger charge is -2.00. The van der Waals surface area contributed by atoms with Crippen molar-refractivity contribution in [2.45, 2.75) is 33.6 Å². The Bertz CT molecular complexity index is 738. The molecule has 0 aliphatic rings. The van der Waals surface area contributed by atoms with Crippen LogP contribution in [0.5, 0.6) is 0 Å². The molecule has 0 saturated heterocycles. The predicted molar refractivity (Wildman–Crippen MR) is 91.3 cm³/mol. The van der Waals surface area contributed by atoms with E-state index in [0.29, 0.717) is 0 Å². The largest absolute Gasteiger partial charge is 0.246 e. The van der Waals surface area contributed by atoms with Gasteiger partial charge in [0.15, 0.2) is 0 Å². The van der Waals surface area contributed by atoms with Gasteiger partial charge in [-0.2, -0.15) is 0 Å². The third-order valence-electron chi connectivity index (χ3n) is 3.45. The molecule has 0 N–H and O–H groups in total. The molecular weight excluding hydrogens is 296 g/mol. The highest BCUT2D eigenvalue weighted by atomic mass is 32.1. The maximum Gasteiger partial charge on any atom is 0.100 e. The van der Waals surface area contributed by atoms with Gasteiger partial charge < -0.3 is 0 Å². The van der Waals surface area contributed by atoms with Gasteiger partial charge >= 0.3 is 0 Å². The lowest BCUT2D eigenvalue weighted by molar-refractivity contribution is 1.08. The van der Waals surface area contributed by atoms with E-state index in [2.05, 4.69) is 48.5 Å². The Morgan fingerprint density at radius 3 is 2.38 bits per heavy atom. The molecule has 0 aliphatic carbocycles. The molecule has 3 rings (SSSR count). The number of thiazole rings is 2. The number of hydrogen-bond acceptors (Lipinski definition) is 4. The van der Waals surface area contributed by atoms with Crippen LogP contribution in [0.1, 0.15) is 33.1 Å². The van der Waals surface area contributed by atoms with E-state index in [-0.39, 0.29) is 0 Å². The van der Waals surface area contributed by atoms with Gasteiger partial charge in [-0.1, -0.05) is 31.2 Å². The van der Waals surface area contributed by atoms with Crippen LogP contribution in [0.15, 0.2) is 29.6 Å². The number of benzene rings is 1. The highest BCUT2D eigenvalue weighted by Crippen LogP contribution is 2.29. The summed E-state index contributed by atoms with van der Waals surface area (Å²) < 4.78 is 0. The summed E-state index contributed by atoms with van der Waals surface area (Å²) in [6.45, 7) is 6.36. The highest BCUT2D eigenvalue weighted by Gasteiger charge is 2.11. The van der Waals surface area contributed by atoms with Crippen LogP contribution in [-0.4, -0.2) is 9.97 Å². The van der Waals surface area contributed by atoms with Crippen molar-refractivity contribution in [1.29, 1.82) is 0 Å². The monoisotopic (exact) mass is 314 g/mol. The smallest absolute Gasteiger partial charge is 0.100 e. The Hall–Kier alpha value is -1.52. The number of nitrogens with zero attached hydrogens (tertiary/aromatic N) is 2. The lowest BCUT2D eigenvalue weighted by atomic mass is 10.1. The van der Waals surface area contributed by atoms with Gasteiger partial charge in [0.1, 0.15) is 5.01 Å². The molecule has 0 unspecified atom stereocenters. The number of rotatable bonds is 4. The Morgan fingerprint density at radius 1 is 1.00 bits per heavy atom. The number of aromatic nitrogens is 2. The SMILES string of the molecule is CCc1ccc(-c2nc(Cc3nc(C)cs3)sc2C)cc1. The summed E-state index contributed by atoms with van der Waals surface area (Å²) in [5, 5.41) is 4.39. The van der Waals surface area contributed by atoms with Gasteiger partial charge in [-0.25, -0.2) is 9.97 Å². The fourth-order valence-corrected chi connectivity index (χ4v) is 4.13. The molecule has 0 spiro atoms. The summed E-state index contributed by atoms with van der Waals surface area (Å²) in [4.78, 5) is 10.6. The molecule has 21 heavy (non-hydrogen) atoms. The Balaban J connectivity index is 1.86. The molecule has 0 radical (unpaired) electrons. The van der Waals surface area contributed by atoms with Gasteiger partial charge in [-0.05, 0) is 25.8 Å². The van der Waals surface area contributed by atoms with Crippen LogP contribution >= 0.6 is 22.7 Å². The summed E-state index contributed by atoms with van der Waals surface area (Å²) in [5.41, 5.74) is 4.79. The van der Waals surface area contributed by atoms with Crippen LogP contribution in [-0.2, 0) is 12.8 Å². The normalized spacial score (nSPS) is 11.0. The van der Waals surface area contributed by atoms with Crippen molar-refractivity contribution < 1.29 is 0 Å². The summed E-state index contributed by atoms with van der Waals surface area (Å²) in [7, 11) is 0. The first-order valence-corrected chi connectivity index (χ1v) is 8.82. The summed E-state index contributed by atoms with van der Waals surface area (Å²) in [6.07, 6.45) is 1.92. The van der Waals surface area contributed by atoms with Gasteiger partial charge in [-0.3, -0.25) is 0 Å². The third kappa shape index (κ3) is 3.22. The van der Waals surface area contributed by atoms with E-state index in [1.54, 1.807) is 22.7 Å². The average molecular weight is 314 g/mol. The van der Waals surface area contributed by atoms with Crippen molar-refractivity contribution in [2.24, 2.45) is 0 Å². The molecule has 4 heteroatoms. The zero-order chi connectivity index (χ0) is 14.8. The fourth-order valence-electron chi connectivity index (χ4n) is 2.31. The molecular formula is C17H18N2S2. The van der Waals surface area contributed by atoms with E-state index < -0.39 is 0 Å². The highest BCUT2D eigenvalue weighted by molar-refractivity contribution is 7.12. The van der Waals surface area contributed by atoms with Gasteiger partial charge in [0.25, 0.3) is 0 Å². The molecule has 0 bridgehead atoms. The maximum atomic E-state index is 4.83. The molecule has 1 aromatic carbocycles. The van der Waals surface area contributed by atoms with Crippen molar-refractivity contribution in [3.05, 3.63) is 55.8 Å². The van der Waals surface area contributed by atoms with E-state index in [1.165, 1.54) is 16.0 Å². The van der Waals surface area contributed by atoms with Crippen LogP contribution in [0, 0.1) is 13.8 Å². The van der Waals surface area contributed by atoms with Gasteiger partial charge in [0, 0.05) is 21.5 Å². The van der Waals surface area contributed by atoms with Crippen molar-refractivity contribution >= 4 is 22.7 Å². The van der Waals surface area contributed by atoms with Crippen molar-refractivity contribution in [1.82, 2.24) is 9.97 Å². The Labute approximate surface area is 133 Å². The molecule has 0 amide bonds. The Kier molecular flexibility index (Phi) is 4.17. The number of hydrogen-bond donors (Lipinski definition) is 0. The molecule has 2 heterocycles. The minimum absolute atomic E-state index is 0.844. The minimum atomic E-state index is 0.844. The predicted octanol–water partition coefficient (Wildman–Crippen LogP) is 5.04. The first-order chi connectivity index (χ1) is 10.2. The van der Waals surface area contributed by atoms with Crippen molar-refractivity contribution in [2.75, 3.05) is 0 Å². The molecule has 108 valence electrons. The van der Waals surface area contributed by atoms with E-state index >= 15 is 0 Å². The van der Waals surface area contributed by atoms with Crippen LogP contribution < -0.4 is 0 Å². The Morgan fingerprint density at radius 2 is 1.76 bits per heavy atom. The third-order valence-corrected chi connectivity index (χ3v) is 5.38. The lowest BCUT2D eigenvalue weighted by Crippen LogP contribution is -1.87. The molecule has 0 aliphatic heterocycles. The topological polar surface area (TPSA) is 25.8 Å². The molecule has 0 fully saturated rings. The second-order valence-corrected chi connectivity index (χ2v) is 7.35. The molecule has 3 aromatic rings. The van der Waals surface area contributed by atoms with E-state index in [9.17, 15) is 0 Å². The average Bonchev–Trinajstić information content (AvgIpc) is 3.05. The first kappa shape index (κ1) is 14.4. The van der Waals surface area contributed by atoms with Crippen LogP contribution in [0.25, 0.3) is 11.3 Å². The quantitative estimate of drug-likeness (QED) is 0.674. The van der Waals surface area contributed by atoms with Crippen LogP contribution in [0.2, 0.25) is 0 Å². The van der Waals surface area contributed by atoms with Crippen molar-refractivity contribution in [3.8, 4) is 11.3 Å². The zero-order valence-corrected chi connectivity index (χ0v) is 14.1. The fraction of sp³-hybridized carbons (Fsp3) is 0.294. The zero-order valence-electron chi connectivity index (χ0n) is 12.5. The molecule has 0 saturated carbocycles. The second-order valence-electron chi connectivity index (χ2n) is 5.12. The van der Waals surface area contributed by atoms with E-state index in [0.717, 1.165) is 34.2 Å². The van der Waals surface area contributed by atoms with Gasteiger partial charge in [-0.15, -0.1) is 22.7 Å². The summed E-state index contributed by atoms with van der Waals surface area (Å²) >= 11 is 3.49. The van der Waals surface area contributed by atoms with E-state index in [4.69, 9.17) is 4.98 Å². The second kappa shape index (κ2) is 6.08.